The van der Waals surface area contributed by atoms with Crippen LogP contribution in [-0.4, -0.2) is 17.7 Å². The normalized spacial score (nSPS) is 10.7. The van der Waals surface area contributed by atoms with Crippen molar-refractivity contribution in [2.24, 2.45) is 0 Å². The Morgan fingerprint density at radius 1 is 0.733 bits per heavy atom. The van der Waals surface area contributed by atoms with Gasteiger partial charge in [0, 0.05) is 11.1 Å². The number of carboxylic acid groups (broad SMARTS) is 1. The maximum Gasteiger partial charge on any atom is 0.336 e. The number of ether oxygens (including phenoxy) is 1. The zero-order valence-electron chi connectivity index (χ0n) is 17.6. The summed E-state index contributed by atoms with van der Waals surface area (Å²) in [7, 11) is 0. The van der Waals surface area contributed by atoms with Crippen molar-refractivity contribution in [2.45, 2.75) is 45.4 Å². The van der Waals surface area contributed by atoms with Gasteiger partial charge in [-0.25, -0.2) is 4.79 Å². The van der Waals surface area contributed by atoms with Crippen LogP contribution in [0.25, 0.3) is 22.3 Å². The number of rotatable bonds is 11. The molecule has 0 aromatic heterocycles. The van der Waals surface area contributed by atoms with E-state index in [9.17, 15) is 9.90 Å². The maximum absolute atomic E-state index is 12.0. The van der Waals surface area contributed by atoms with Gasteiger partial charge in [-0.05, 0) is 29.7 Å². The molecule has 30 heavy (non-hydrogen) atoms. The third-order valence-electron chi connectivity index (χ3n) is 5.28. The molecule has 3 rings (SSSR count). The molecule has 0 unspecified atom stereocenters. The Morgan fingerprint density at radius 3 is 1.90 bits per heavy atom. The van der Waals surface area contributed by atoms with Crippen LogP contribution in [0.3, 0.4) is 0 Å². The van der Waals surface area contributed by atoms with Crippen LogP contribution >= 0.6 is 0 Å². The van der Waals surface area contributed by atoms with Gasteiger partial charge in [-0.1, -0.05) is 99.7 Å². The van der Waals surface area contributed by atoms with E-state index >= 15 is 0 Å². The average molecular weight is 403 g/mol. The standard InChI is InChI=1S/C27H30O3/c1-2-3-4-5-6-13-20-30-24-19-18-23(27(28)29)25(21-14-9-7-10-15-21)26(24)22-16-11-8-12-17-22/h7-12,14-19H,2-6,13,20H2,1H3,(H,28,29). The Morgan fingerprint density at radius 2 is 1.30 bits per heavy atom. The summed E-state index contributed by atoms with van der Waals surface area (Å²) in [6.07, 6.45) is 7.19. The molecule has 0 fully saturated rings. The molecule has 3 heteroatoms. The minimum absolute atomic E-state index is 0.284. The Hall–Kier alpha value is -3.07. The summed E-state index contributed by atoms with van der Waals surface area (Å²) in [6, 6.07) is 23.1. The number of benzene rings is 3. The van der Waals surface area contributed by atoms with Gasteiger partial charge in [0.05, 0.1) is 12.2 Å². The van der Waals surface area contributed by atoms with Gasteiger partial charge in [-0.15, -0.1) is 0 Å². The third-order valence-corrected chi connectivity index (χ3v) is 5.28. The van der Waals surface area contributed by atoms with E-state index in [1.165, 1.54) is 25.7 Å². The summed E-state index contributed by atoms with van der Waals surface area (Å²) < 4.78 is 6.20. The molecule has 156 valence electrons. The fourth-order valence-corrected chi connectivity index (χ4v) is 3.74. The SMILES string of the molecule is CCCCCCCCOc1ccc(C(=O)O)c(-c2ccccc2)c1-c1ccccc1. The first-order chi connectivity index (χ1) is 14.7. The summed E-state index contributed by atoms with van der Waals surface area (Å²) in [5, 5.41) is 9.87. The second kappa shape index (κ2) is 11.2. The lowest BCUT2D eigenvalue weighted by molar-refractivity contribution is 0.0697. The second-order valence-corrected chi connectivity index (χ2v) is 7.51. The lowest BCUT2D eigenvalue weighted by Gasteiger charge is -2.18. The van der Waals surface area contributed by atoms with Crippen LogP contribution in [0.5, 0.6) is 5.75 Å². The van der Waals surface area contributed by atoms with Crippen molar-refractivity contribution in [3.05, 3.63) is 78.4 Å². The molecule has 0 spiro atoms. The zero-order chi connectivity index (χ0) is 21.2. The number of carboxylic acids is 1. The van der Waals surface area contributed by atoms with Crippen LogP contribution < -0.4 is 4.74 Å². The van der Waals surface area contributed by atoms with E-state index in [0.29, 0.717) is 12.2 Å². The first-order valence-electron chi connectivity index (χ1n) is 10.9. The summed E-state index contributed by atoms with van der Waals surface area (Å²) in [5.41, 5.74) is 3.66. The number of carbonyl (C=O) groups is 1. The van der Waals surface area contributed by atoms with Gasteiger partial charge in [0.25, 0.3) is 0 Å². The van der Waals surface area contributed by atoms with Crippen molar-refractivity contribution in [2.75, 3.05) is 6.61 Å². The van der Waals surface area contributed by atoms with Crippen molar-refractivity contribution in [3.63, 3.8) is 0 Å². The van der Waals surface area contributed by atoms with Crippen molar-refractivity contribution in [3.8, 4) is 28.0 Å². The highest BCUT2D eigenvalue weighted by Gasteiger charge is 2.21. The fourth-order valence-electron chi connectivity index (χ4n) is 3.74. The molecule has 1 N–H and O–H groups in total. The predicted octanol–water partition coefficient (Wildman–Crippen LogP) is 7.46. The van der Waals surface area contributed by atoms with E-state index in [1.54, 1.807) is 12.1 Å². The van der Waals surface area contributed by atoms with E-state index < -0.39 is 5.97 Å². The lowest BCUT2D eigenvalue weighted by Crippen LogP contribution is -2.05. The van der Waals surface area contributed by atoms with Crippen LogP contribution in [0, 0.1) is 0 Å². The van der Waals surface area contributed by atoms with Gasteiger partial charge < -0.3 is 9.84 Å². The minimum atomic E-state index is -0.937. The van der Waals surface area contributed by atoms with Crippen LogP contribution in [0.1, 0.15) is 55.8 Å². The molecule has 0 aliphatic rings. The molecule has 0 saturated heterocycles. The minimum Gasteiger partial charge on any atom is -0.493 e. The van der Waals surface area contributed by atoms with Crippen LogP contribution in [0.4, 0.5) is 0 Å². The first kappa shape index (κ1) is 21.6. The Bertz CT molecular complexity index is 933. The van der Waals surface area contributed by atoms with Crippen molar-refractivity contribution < 1.29 is 14.6 Å². The summed E-state index contributed by atoms with van der Waals surface area (Å²) >= 11 is 0. The van der Waals surface area contributed by atoms with Crippen molar-refractivity contribution in [1.82, 2.24) is 0 Å². The van der Waals surface area contributed by atoms with Gasteiger partial charge in [-0.2, -0.15) is 0 Å². The predicted molar refractivity (Wildman–Crippen MR) is 123 cm³/mol. The Balaban J connectivity index is 1.96. The molecule has 0 radical (unpaired) electrons. The Kier molecular flexibility index (Phi) is 8.08. The molecule has 0 saturated carbocycles. The third kappa shape index (κ3) is 5.50. The molecule has 0 bridgehead atoms. The molecule has 0 atom stereocenters. The molecule has 3 aromatic carbocycles. The molecule has 0 aliphatic carbocycles. The number of aromatic carboxylic acids is 1. The monoisotopic (exact) mass is 402 g/mol. The van der Waals surface area contributed by atoms with Gasteiger partial charge >= 0.3 is 5.97 Å². The van der Waals surface area contributed by atoms with E-state index in [2.05, 4.69) is 6.92 Å². The van der Waals surface area contributed by atoms with Crippen LogP contribution in [-0.2, 0) is 0 Å². The first-order valence-corrected chi connectivity index (χ1v) is 10.9. The second-order valence-electron chi connectivity index (χ2n) is 7.51. The van der Waals surface area contributed by atoms with Crippen molar-refractivity contribution in [1.29, 1.82) is 0 Å². The van der Waals surface area contributed by atoms with Gasteiger partial charge in [-0.3, -0.25) is 0 Å². The van der Waals surface area contributed by atoms with E-state index in [0.717, 1.165) is 35.3 Å². The highest BCUT2D eigenvalue weighted by Crippen LogP contribution is 2.41. The van der Waals surface area contributed by atoms with Crippen molar-refractivity contribution >= 4 is 5.97 Å². The van der Waals surface area contributed by atoms with Gasteiger partial charge in [0.1, 0.15) is 5.75 Å². The molecule has 3 aromatic rings. The molecule has 0 heterocycles. The van der Waals surface area contributed by atoms with Crippen LogP contribution in [0.15, 0.2) is 72.8 Å². The zero-order valence-corrected chi connectivity index (χ0v) is 17.6. The van der Waals surface area contributed by atoms with E-state index in [1.807, 2.05) is 60.7 Å². The topological polar surface area (TPSA) is 46.5 Å². The quantitative estimate of drug-likeness (QED) is 0.339. The van der Waals surface area contributed by atoms with Gasteiger partial charge in [0.15, 0.2) is 0 Å². The van der Waals surface area contributed by atoms with E-state index in [4.69, 9.17) is 4.74 Å². The average Bonchev–Trinajstić information content (AvgIpc) is 2.79. The smallest absolute Gasteiger partial charge is 0.336 e. The van der Waals surface area contributed by atoms with Gasteiger partial charge in [0.2, 0.25) is 0 Å². The molecule has 0 aliphatic heterocycles. The fraction of sp³-hybridized carbons (Fsp3) is 0.296. The number of hydrogen-bond acceptors (Lipinski definition) is 2. The number of unbranched alkanes of at least 4 members (excludes halogenated alkanes) is 5. The molecule has 3 nitrogen and oxygen atoms in total. The summed E-state index contributed by atoms with van der Waals surface area (Å²) in [5.74, 6) is -0.202. The highest BCUT2D eigenvalue weighted by molar-refractivity contribution is 6.02. The Labute approximate surface area is 179 Å². The van der Waals surface area contributed by atoms with Crippen LogP contribution in [0.2, 0.25) is 0 Å². The highest BCUT2D eigenvalue weighted by atomic mass is 16.5. The maximum atomic E-state index is 12.0. The molecule has 0 amide bonds. The molecular formula is C27H30O3. The lowest BCUT2D eigenvalue weighted by atomic mass is 9.89. The molecular weight excluding hydrogens is 372 g/mol. The number of hydrogen-bond donors (Lipinski definition) is 1. The largest absolute Gasteiger partial charge is 0.493 e. The summed E-state index contributed by atoms with van der Waals surface area (Å²) in [6.45, 7) is 2.85. The van der Waals surface area contributed by atoms with E-state index in [-0.39, 0.29) is 5.56 Å². The summed E-state index contributed by atoms with van der Waals surface area (Å²) in [4.78, 5) is 12.0.